The van der Waals surface area contributed by atoms with E-state index in [-0.39, 0.29) is 28.7 Å². The van der Waals surface area contributed by atoms with Crippen molar-refractivity contribution in [2.45, 2.75) is 30.9 Å². The van der Waals surface area contributed by atoms with E-state index in [0.29, 0.717) is 28.7 Å². The summed E-state index contributed by atoms with van der Waals surface area (Å²) in [5.74, 6) is 1.16. The number of aryl methyl sites for hydroxylation is 1. The number of ether oxygens (including phenoxy) is 1. The van der Waals surface area contributed by atoms with Crippen LogP contribution in [0.5, 0.6) is 0 Å². The highest BCUT2D eigenvalue weighted by molar-refractivity contribution is 8.00. The van der Waals surface area contributed by atoms with E-state index in [2.05, 4.69) is 20.5 Å². The van der Waals surface area contributed by atoms with Gasteiger partial charge in [0.2, 0.25) is 11.0 Å². The predicted molar refractivity (Wildman–Crippen MR) is 162 cm³/mol. The van der Waals surface area contributed by atoms with Crippen molar-refractivity contribution in [3.8, 4) is 0 Å². The van der Waals surface area contributed by atoms with Gasteiger partial charge in [-0.1, -0.05) is 91.0 Å². The highest BCUT2D eigenvalue weighted by atomic mass is 32.2. The average molecular weight is 582 g/mol. The molecular formula is C31H27N5O3S2. The SMILES string of the molecule is Cc1nc(C2=C(C(=S)OC(c3ccccc3)c3ccccc3)N3C(=O)[C@@H](NC(=O)Cc4ccccc4)[C@H]3SC2)n[nH]1. The Hall–Kier alpha value is -4.28. The molecule has 2 amide bonds. The maximum atomic E-state index is 13.6. The molecule has 2 aliphatic heterocycles. The van der Waals surface area contributed by atoms with Crippen LogP contribution in [-0.4, -0.2) is 54.1 Å². The van der Waals surface area contributed by atoms with Crippen LogP contribution in [0.2, 0.25) is 0 Å². The van der Waals surface area contributed by atoms with Crippen molar-refractivity contribution in [3.05, 3.63) is 125 Å². The summed E-state index contributed by atoms with van der Waals surface area (Å²) in [6, 6.07) is 28.4. The lowest BCUT2D eigenvalue weighted by Gasteiger charge is -2.50. The van der Waals surface area contributed by atoms with Gasteiger partial charge in [0.15, 0.2) is 5.82 Å². The number of H-pyrrole nitrogens is 1. The lowest BCUT2D eigenvalue weighted by atomic mass is 10.0. The Kier molecular flexibility index (Phi) is 7.67. The van der Waals surface area contributed by atoms with Gasteiger partial charge >= 0.3 is 0 Å². The number of aromatic amines is 1. The van der Waals surface area contributed by atoms with Crippen LogP contribution in [0.25, 0.3) is 5.57 Å². The van der Waals surface area contributed by atoms with E-state index in [9.17, 15) is 9.59 Å². The van der Waals surface area contributed by atoms with Crippen LogP contribution >= 0.6 is 24.0 Å². The minimum Gasteiger partial charge on any atom is -0.469 e. The second-order valence-corrected chi connectivity index (χ2v) is 11.3. The van der Waals surface area contributed by atoms with E-state index in [4.69, 9.17) is 17.0 Å². The summed E-state index contributed by atoms with van der Waals surface area (Å²) in [4.78, 5) is 32.6. The third kappa shape index (κ3) is 5.53. The quantitative estimate of drug-likeness (QED) is 0.232. The molecule has 6 rings (SSSR count). The van der Waals surface area contributed by atoms with Crippen LogP contribution in [0.3, 0.4) is 0 Å². The monoisotopic (exact) mass is 581 g/mol. The fourth-order valence-corrected chi connectivity index (χ4v) is 6.67. The molecule has 206 valence electrons. The summed E-state index contributed by atoms with van der Waals surface area (Å²) < 4.78 is 6.53. The number of thioether (sulfide) groups is 1. The van der Waals surface area contributed by atoms with E-state index in [0.717, 1.165) is 16.7 Å². The first kappa shape index (κ1) is 26.9. The van der Waals surface area contributed by atoms with Crippen molar-refractivity contribution in [3.63, 3.8) is 0 Å². The Morgan fingerprint density at radius 1 is 1.05 bits per heavy atom. The molecule has 41 heavy (non-hydrogen) atoms. The van der Waals surface area contributed by atoms with Gasteiger partial charge < -0.3 is 10.1 Å². The number of benzene rings is 3. The molecule has 2 atom stereocenters. The molecule has 1 fully saturated rings. The fourth-order valence-electron chi connectivity index (χ4n) is 5.01. The second kappa shape index (κ2) is 11.7. The number of aromatic nitrogens is 3. The van der Waals surface area contributed by atoms with Crippen LogP contribution in [0.4, 0.5) is 0 Å². The summed E-state index contributed by atoms with van der Waals surface area (Å²) in [7, 11) is 0. The Bertz CT molecular complexity index is 1570. The molecule has 0 radical (unpaired) electrons. The second-order valence-electron chi connectivity index (χ2n) is 9.80. The molecule has 1 aromatic heterocycles. The molecule has 0 unspecified atom stereocenters. The van der Waals surface area contributed by atoms with Crippen molar-refractivity contribution in [1.82, 2.24) is 25.4 Å². The van der Waals surface area contributed by atoms with E-state index in [1.165, 1.54) is 0 Å². The topological polar surface area (TPSA) is 100 Å². The molecular weight excluding hydrogens is 555 g/mol. The Morgan fingerprint density at radius 2 is 1.66 bits per heavy atom. The zero-order valence-corrected chi connectivity index (χ0v) is 23.8. The highest BCUT2D eigenvalue weighted by Gasteiger charge is 2.54. The summed E-state index contributed by atoms with van der Waals surface area (Å²) in [6.07, 6.45) is -0.289. The molecule has 3 heterocycles. The Balaban J connectivity index is 1.30. The first-order chi connectivity index (χ1) is 20.0. The van der Waals surface area contributed by atoms with Gasteiger partial charge in [-0.15, -0.1) is 11.8 Å². The van der Waals surface area contributed by atoms with E-state index < -0.39 is 12.1 Å². The molecule has 0 bridgehead atoms. The van der Waals surface area contributed by atoms with Crippen LogP contribution in [0.15, 0.2) is 96.7 Å². The van der Waals surface area contributed by atoms with Crippen molar-refractivity contribution < 1.29 is 14.3 Å². The van der Waals surface area contributed by atoms with Crippen LogP contribution in [0.1, 0.15) is 34.4 Å². The van der Waals surface area contributed by atoms with Gasteiger partial charge in [0.25, 0.3) is 5.91 Å². The normalized spacial score (nSPS) is 18.1. The van der Waals surface area contributed by atoms with Crippen molar-refractivity contribution in [2.24, 2.45) is 0 Å². The number of carbonyl (C=O) groups excluding carboxylic acids is 2. The minimum atomic E-state index is -0.663. The van der Waals surface area contributed by atoms with Gasteiger partial charge in [0.1, 0.15) is 29.0 Å². The average Bonchev–Trinajstić information content (AvgIpc) is 3.45. The standard InChI is InChI=1S/C31H27N5O3S2/c1-19-32-28(35-34-19)23-18-41-30-25(33-24(37)17-20-11-5-2-6-12-20)29(38)36(30)26(23)31(40)39-27(21-13-7-3-8-14-21)22-15-9-4-10-16-22/h2-16,25,27,30H,17-18H2,1H3,(H,33,37)(H,32,34,35)/t25-,30-/m1/s1. The Labute approximate surface area is 247 Å². The number of hydrogen-bond donors (Lipinski definition) is 2. The number of fused-ring (bicyclic) bond motifs is 1. The summed E-state index contributed by atoms with van der Waals surface area (Å²) >= 11 is 7.47. The largest absolute Gasteiger partial charge is 0.469 e. The van der Waals surface area contributed by atoms with Gasteiger partial charge in [-0.2, -0.15) is 5.10 Å². The first-order valence-corrected chi connectivity index (χ1v) is 14.7. The Morgan fingerprint density at radius 3 is 2.24 bits per heavy atom. The van der Waals surface area contributed by atoms with Crippen LogP contribution < -0.4 is 5.32 Å². The number of nitrogens with one attached hydrogen (secondary N) is 2. The van der Waals surface area contributed by atoms with Gasteiger partial charge in [-0.25, -0.2) is 4.98 Å². The maximum Gasteiger partial charge on any atom is 0.253 e. The van der Waals surface area contributed by atoms with Gasteiger partial charge in [-0.3, -0.25) is 19.6 Å². The van der Waals surface area contributed by atoms with Crippen molar-refractivity contribution in [2.75, 3.05) is 5.75 Å². The third-order valence-electron chi connectivity index (χ3n) is 6.98. The van der Waals surface area contributed by atoms with Gasteiger partial charge in [0.05, 0.1) is 6.42 Å². The molecule has 10 heteroatoms. The molecule has 0 saturated carbocycles. The van der Waals surface area contributed by atoms with E-state index in [1.807, 2.05) is 97.9 Å². The molecule has 2 N–H and O–H groups in total. The summed E-state index contributed by atoms with van der Waals surface area (Å²) in [6.45, 7) is 1.82. The molecule has 2 aliphatic rings. The third-order valence-corrected chi connectivity index (χ3v) is 8.55. The van der Waals surface area contributed by atoms with Crippen LogP contribution in [-0.2, 0) is 20.7 Å². The van der Waals surface area contributed by atoms with Crippen LogP contribution in [0, 0.1) is 6.92 Å². The number of amides is 2. The fraction of sp³-hybridized carbons (Fsp3) is 0.194. The number of thiocarbonyl (C=S) groups is 1. The molecule has 8 nitrogen and oxygen atoms in total. The lowest BCUT2D eigenvalue weighted by molar-refractivity contribution is -0.145. The maximum absolute atomic E-state index is 13.6. The smallest absolute Gasteiger partial charge is 0.253 e. The van der Waals surface area contributed by atoms with E-state index >= 15 is 0 Å². The summed E-state index contributed by atoms with van der Waals surface area (Å²) in [5.41, 5.74) is 3.93. The molecule has 0 spiro atoms. The molecule has 3 aromatic carbocycles. The lowest BCUT2D eigenvalue weighted by Crippen LogP contribution is -2.70. The zero-order chi connectivity index (χ0) is 28.3. The zero-order valence-electron chi connectivity index (χ0n) is 22.2. The molecule has 4 aromatic rings. The van der Waals surface area contributed by atoms with Crippen molar-refractivity contribution in [1.29, 1.82) is 0 Å². The minimum absolute atomic E-state index is 0.174. The number of rotatable bonds is 8. The van der Waals surface area contributed by atoms with Gasteiger partial charge in [0, 0.05) is 11.3 Å². The molecule has 0 aliphatic carbocycles. The van der Waals surface area contributed by atoms with E-state index in [1.54, 1.807) is 16.7 Å². The first-order valence-electron chi connectivity index (χ1n) is 13.2. The number of hydrogen-bond acceptors (Lipinski definition) is 7. The number of β-lactam (4-membered cyclic amide) rings is 1. The number of nitrogens with zero attached hydrogens (tertiary/aromatic N) is 3. The van der Waals surface area contributed by atoms with Gasteiger partial charge in [-0.05, 0) is 35.8 Å². The molecule has 1 saturated heterocycles. The predicted octanol–water partition coefficient (Wildman–Crippen LogP) is 4.60. The highest BCUT2D eigenvalue weighted by Crippen LogP contribution is 2.44. The van der Waals surface area contributed by atoms with Crippen molar-refractivity contribution >= 4 is 46.4 Å². The number of carbonyl (C=O) groups is 2. The summed E-state index contributed by atoms with van der Waals surface area (Å²) in [5, 5.41) is 10.0.